The van der Waals surface area contributed by atoms with Gasteiger partial charge >= 0.3 is 0 Å². The molecule has 1 aliphatic heterocycles. The molecule has 4 heteroatoms. The van der Waals surface area contributed by atoms with E-state index in [0.717, 1.165) is 44.9 Å². The van der Waals surface area contributed by atoms with E-state index in [9.17, 15) is 0 Å². The summed E-state index contributed by atoms with van der Waals surface area (Å²) >= 11 is 0. The zero-order chi connectivity index (χ0) is 14.3. The summed E-state index contributed by atoms with van der Waals surface area (Å²) < 4.78 is 5.76. The monoisotopic (exact) mass is 275 g/mol. The van der Waals surface area contributed by atoms with Crippen LogP contribution in [0.3, 0.4) is 0 Å². The van der Waals surface area contributed by atoms with Crippen molar-refractivity contribution in [3.05, 3.63) is 35.9 Å². The van der Waals surface area contributed by atoms with E-state index in [-0.39, 0.29) is 5.60 Å². The normalized spacial score (nSPS) is 22.8. The Hall–Kier alpha value is -1.55. The molecule has 20 heavy (non-hydrogen) atoms. The molecule has 0 aromatic heterocycles. The Balaban J connectivity index is 1.70. The van der Waals surface area contributed by atoms with Crippen molar-refractivity contribution in [3.8, 4) is 0 Å². The fourth-order valence-corrected chi connectivity index (χ4v) is 2.44. The Morgan fingerprint density at radius 2 is 2.10 bits per heavy atom. The molecule has 1 aromatic rings. The van der Waals surface area contributed by atoms with Gasteiger partial charge in [0.25, 0.3) is 0 Å². The number of ether oxygens (including phenoxy) is 1. The molecule has 0 saturated carbocycles. The number of nitrogens with one attached hydrogen (secondary N) is 2. The van der Waals surface area contributed by atoms with Crippen LogP contribution in [0.1, 0.15) is 25.3 Å². The van der Waals surface area contributed by atoms with E-state index in [2.05, 4.69) is 46.8 Å². The van der Waals surface area contributed by atoms with Crippen LogP contribution in [0.4, 0.5) is 0 Å². The summed E-state index contributed by atoms with van der Waals surface area (Å²) in [7, 11) is 1.80. The first kappa shape index (κ1) is 14.9. The van der Waals surface area contributed by atoms with Crippen molar-refractivity contribution in [2.75, 3.05) is 26.7 Å². The van der Waals surface area contributed by atoms with Crippen molar-refractivity contribution >= 4 is 5.96 Å². The first-order chi connectivity index (χ1) is 9.72. The van der Waals surface area contributed by atoms with E-state index in [4.69, 9.17) is 4.74 Å². The summed E-state index contributed by atoms with van der Waals surface area (Å²) in [5, 5.41) is 6.69. The third-order valence-corrected chi connectivity index (χ3v) is 3.70. The summed E-state index contributed by atoms with van der Waals surface area (Å²) in [5.41, 5.74) is 1.29. The van der Waals surface area contributed by atoms with Crippen molar-refractivity contribution in [2.24, 2.45) is 4.99 Å². The highest BCUT2D eigenvalue weighted by atomic mass is 16.5. The van der Waals surface area contributed by atoms with Crippen LogP contribution >= 0.6 is 0 Å². The molecule has 1 unspecified atom stereocenters. The van der Waals surface area contributed by atoms with Crippen LogP contribution in [0, 0.1) is 0 Å². The lowest BCUT2D eigenvalue weighted by atomic mass is 10.0. The second-order valence-corrected chi connectivity index (χ2v) is 5.49. The number of hydrogen-bond acceptors (Lipinski definition) is 2. The predicted molar refractivity (Wildman–Crippen MR) is 83.1 cm³/mol. The van der Waals surface area contributed by atoms with Crippen molar-refractivity contribution in [3.63, 3.8) is 0 Å². The molecule has 110 valence electrons. The third-order valence-electron chi connectivity index (χ3n) is 3.70. The minimum atomic E-state index is -0.0446. The van der Waals surface area contributed by atoms with Gasteiger partial charge in [0.15, 0.2) is 5.96 Å². The number of hydrogen-bond donors (Lipinski definition) is 2. The molecule has 0 aliphatic carbocycles. The zero-order valence-corrected chi connectivity index (χ0v) is 12.5. The van der Waals surface area contributed by atoms with Crippen molar-refractivity contribution in [2.45, 2.75) is 31.8 Å². The summed E-state index contributed by atoms with van der Waals surface area (Å²) in [5.74, 6) is 0.845. The van der Waals surface area contributed by atoms with Crippen LogP contribution in [0.15, 0.2) is 35.3 Å². The van der Waals surface area contributed by atoms with Crippen LogP contribution in [0.2, 0.25) is 0 Å². The smallest absolute Gasteiger partial charge is 0.191 e. The molecular weight excluding hydrogens is 250 g/mol. The van der Waals surface area contributed by atoms with Crippen molar-refractivity contribution in [1.29, 1.82) is 0 Å². The fraction of sp³-hybridized carbons (Fsp3) is 0.562. The van der Waals surface area contributed by atoms with Gasteiger partial charge in [-0.15, -0.1) is 0 Å². The van der Waals surface area contributed by atoms with Gasteiger partial charge in [0.2, 0.25) is 0 Å². The second kappa shape index (κ2) is 7.29. The maximum atomic E-state index is 5.76. The van der Waals surface area contributed by atoms with Crippen LogP contribution in [-0.4, -0.2) is 38.3 Å². The summed E-state index contributed by atoms with van der Waals surface area (Å²) in [6.07, 6.45) is 3.26. The summed E-state index contributed by atoms with van der Waals surface area (Å²) in [4.78, 5) is 4.25. The lowest BCUT2D eigenvalue weighted by Crippen LogP contribution is -2.45. The molecule has 1 heterocycles. The molecule has 1 saturated heterocycles. The molecule has 4 nitrogen and oxygen atoms in total. The average molecular weight is 275 g/mol. The molecular formula is C16H25N3O. The summed E-state index contributed by atoms with van der Waals surface area (Å²) in [6, 6.07) is 10.5. The Morgan fingerprint density at radius 3 is 2.75 bits per heavy atom. The van der Waals surface area contributed by atoms with Gasteiger partial charge in [0, 0.05) is 26.7 Å². The first-order valence-electron chi connectivity index (χ1n) is 7.34. The summed E-state index contributed by atoms with van der Waals surface area (Å²) in [6.45, 7) is 4.71. The van der Waals surface area contributed by atoms with E-state index < -0.39 is 0 Å². The van der Waals surface area contributed by atoms with Crippen LogP contribution in [0.5, 0.6) is 0 Å². The highest BCUT2D eigenvalue weighted by Crippen LogP contribution is 2.23. The standard InChI is InChI=1S/C16H25N3O/c1-16(10-6-12-20-16)13-19-15(17-2)18-11-9-14-7-4-3-5-8-14/h3-5,7-8H,6,9-13H2,1-2H3,(H2,17,18,19). The van der Waals surface area contributed by atoms with Gasteiger partial charge in [-0.1, -0.05) is 30.3 Å². The van der Waals surface area contributed by atoms with Gasteiger partial charge in [-0.3, -0.25) is 4.99 Å². The molecule has 0 amide bonds. The molecule has 2 rings (SSSR count). The molecule has 0 bridgehead atoms. The molecule has 1 atom stereocenters. The van der Waals surface area contributed by atoms with Gasteiger partial charge in [-0.2, -0.15) is 0 Å². The number of aliphatic imine (C=N–C) groups is 1. The van der Waals surface area contributed by atoms with E-state index in [1.807, 2.05) is 6.07 Å². The second-order valence-electron chi connectivity index (χ2n) is 5.49. The molecule has 1 fully saturated rings. The van der Waals surface area contributed by atoms with Crippen molar-refractivity contribution in [1.82, 2.24) is 10.6 Å². The quantitative estimate of drug-likeness (QED) is 0.638. The predicted octanol–water partition coefficient (Wildman–Crippen LogP) is 1.96. The fourth-order valence-electron chi connectivity index (χ4n) is 2.44. The number of nitrogens with zero attached hydrogens (tertiary/aromatic N) is 1. The van der Waals surface area contributed by atoms with Crippen LogP contribution < -0.4 is 10.6 Å². The minimum Gasteiger partial charge on any atom is -0.373 e. The Labute approximate surface area is 121 Å². The van der Waals surface area contributed by atoms with E-state index in [0.29, 0.717) is 0 Å². The molecule has 0 radical (unpaired) electrons. The molecule has 0 spiro atoms. The average Bonchev–Trinajstić information content (AvgIpc) is 2.91. The highest BCUT2D eigenvalue weighted by Gasteiger charge is 2.29. The van der Waals surface area contributed by atoms with E-state index in [1.54, 1.807) is 7.05 Å². The third kappa shape index (κ3) is 4.53. The van der Waals surface area contributed by atoms with Gasteiger partial charge < -0.3 is 15.4 Å². The Morgan fingerprint density at radius 1 is 1.30 bits per heavy atom. The maximum absolute atomic E-state index is 5.76. The lowest BCUT2D eigenvalue weighted by molar-refractivity contribution is 0.0243. The van der Waals surface area contributed by atoms with Crippen LogP contribution in [0.25, 0.3) is 0 Å². The molecule has 1 aromatic carbocycles. The largest absolute Gasteiger partial charge is 0.373 e. The van der Waals surface area contributed by atoms with E-state index in [1.165, 1.54) is 5.56 Å². The van der Waals surface area contributed by atoms with Crippen LogP contribution in [-0.2, 0) is 11.2 Å². The number of rotatable bonds is 5. The zero-order valence-electron chi connectivity index (χ0n) is 12.5. The van der Waals surface area contributed by atoms with Gasteiger partial charge in [0.1, 0.15) is 0 Å². The SMILES string of the molecule is CN=C(NCCc1ccccc1)NCC1(C)CCCO1. The van der Waals surface area contributed by atoms with Gasteiger partial charge in [0.05, 0.1) is 5.60 Å². The van der Waals surface area contributed by atoms with E-state index >= 15 is 0 Å². The molecule has 2 N–H and O–H groups in total. The Bertz CT molecular complexity index is 425. The first-order valence-corrected chi connectivity index (χ1v) is 7.34. The van der Waals surface area contributed by atoms with Gasteiger partial charge in [-0.25, -0.2) is 0 Å². The molecule has 1 aliphatic rings. The lowest BCUT2D eigenvalue weighted by Gasteiger charge is -2.24. The number of guanidine groups is 1. The maximum Gasteiger partial charge on any atom is 0.191 e. The highest BCUT2D eigenvalue weighted by molar-refractivity contribution is 5.79. The number of benzene rings is 1. The van der Waals surface area contributed by atoms with Gasteiger partial charge in [-0.05, 0) is 31.7 Å². The minimum absolute atomic E-state index is 0.0446. The van der Waals surface area contributed by atoms with Crippen molar-refractivity contribution < 1.29 is 4.74 Å². The topological polar surface area (TPSA) is 45.7 Å². The Kier molecular flexibility index (Phi) is 5.41.